The Kier molecular flexibility index (Phi) is 8.69. The number of anilines is 1. The summed E-state index contributed by atoms with van der Waals surface area (Å²) in [4.78, 5) is 24.4. The fraction of sp³-hybridized carbons (Fsp3) is 0.556. The maximum Gasteiger partial charge on any atom is 0.253 e. The Balaban J connectivity index is 0.00000312. The molecule has 0 bridgehead atoms. The summed E-state index contributed by atoms with van der Waals surface area (Å²) in [5.41, 5.74) is 6.77. The largest absolute Gasteiger partial charge is 0.349 e. The molecule has 0 saturated heterocycles. The second-order valence-corrected chi connectivity index (χ2v) is 7.11. The molecule has 2 rings (SSSR count). The lowest BCUT2D eigenvalue weighted by molar-refractivity contribution is -0.118. The number of carbonyl (C=O) groups is 2. The van der Waals surface area contributed by atoms with Gasteiger partial charge < -0.3 is 16.4 Å². The first-order valence-electron chi connectivity index (χ1n) is 8.53. The molecule has 2 unspecified atom stereocenters. The molecule has 0 aliphatic heterocycles. The van der Waals surface area contributed by atoms with Crippen molar-refractivity contribution in [1.29, 1.82) is 0 Å². The smallest absolute Gasteiger partial charge is 0.253 e. The van der Waals surface area contributed by atoms with Crippen LogP contribution in [0.5, 0.6) is 0 Å². The van der Waals surface area contributed by atoms with Crippen molar-refractivity contribution in [2.24, 2.45) is 17.6 Å². The molecule has 5 nitrogen and oxygen atoms in total. The summed E-state index contributed by atoms with van der Waals surface area (Å²) in [6.45, 7) is 4.20. The number of carbonyl (C=O) groups excluding carboxylic acids is 2. The average molecular weight is 388 g/mol. The van der Waals surface area contributed by atoms with Gasteiger partial charge in [0.2, 0.25) is 5.91 Å². The third-order valence-corrected chi connectivity index (χ3v) is 4.86. The third-order valence-electron chi connectivity index (χ3n) is 4.53. The Hall–Kier alpha value is -1.30. The van der Waals surface area contributed by atoms with Crippen molar-refractivity contribution in [3.63, 3.8) is 0 Å². The third kappa shape index (κ3) is 5.87. The number of rotatable bonds is 5. The van der Waals surface area contributed by atoms with Gasteiger partial charge in [-0.15, -0.1) is 12.4 Å². The zero-order valence-electron chi connectivity index (χ0n) is 14.7. The van der Waals surface area contributed by atoms with E-state index >= 15 is 0 Å². The van der Waals surface area contributed by atoms with Gasteiger partial charge in [0.25, 0.3) is 5.91 Å². The highest BCUT2D eigenvalue weighted by Gasteiger charge is 2.26. The van der Waals surface area contributed by atoms with Crippen molar-refractivity contribution in [3.05, 3.63) is 28.8 Å². The number of amides is 2. The van der Waals surface area contributed by atoms with E-state index < -0.39 is 0 Å². The van der Waals surface area contributed by atoms with Gasteiger partial charge in [0.05, 0.1) is 10.6 Å². The van der Waals surface area contributed by atoms with Gasteiger partial charge in [-0.2, -0.15) is 0 Å². The molecular formula is C18H27Cl2N3O2. The quantitative estimate of drug-likeness (QED) is 0.721. The number of hydrogen-bond donors (Lipinski definition) is 3. The molecule has 140 valence electrons. The highest BCUT2D eigenvalue weighted by atomic mass is 35.5. The Morgan fingerprint density at radius 2 is 1.96 bits per heavy atom. The maximum absolute atomic E-state index is 12.6. The lowest BCUT2D eigenvalue weighted by Gasteiger charge is -2.31. The molecule has 0 aromatic heterocycles. The van der Waals surface area contributed by atoms with E-state index in [1.165, 1.54) is 0 Å². The molecule has 1 aliphatic carbocycles. The zero-order chi connectivity index (χ0) is 17.7. The molecule has 4 N–H and O–H groups in total. The standard InChI is InChI=1S/C18H26ClN3O2.ClH/c1-11(2)17(23)21-13-7-8-15(19)14(9-13)18(24)22-16-6-4-3-5-12(16)10-20;/h7-9,11-12,16H,3-6,10,20H2,1-2H3,(H,21,23)(H,22,24);1H. The summed E-state index contributed by atoms with van der Waals surface area (Å²) in [7, 11) is 0. The van der Waals surface area contributed by atoms with Crippen LogP contribution in [0.25, 0.3) is 0 Å². The van der Waals surface area contributed by atoms with Gasteiger partial charge in [0.15, 0.2) is 0 Å². The number of halogens is 2. The first-order chi connectivity index (χ1) is 11.4. The van der Waals surface area contributed by atoms with Crippen molar-refractivity contribution in [3.8, 4) is 0 Å². The molecular weight excluding hydrogens is 361 g/mol. The monoisotopic (exact) mass is 387 g/mol. The Morgan fingerprint density at radius 1 is 1.28 bits per heavy atom. The Labute approximate surface area is 160 Å². The molecule has 0 spiro atoms. The average Bonchev–Trinajstić information content (AvgIpc) is 2.56. The number of nitrogens with one attached hydrogen (secondary N) is 2. The summed E-state index contributed by atoms with van der Waals surface area (Å²) in [6, 6.07) is 5.04. The molecule has 0 heterocycles. The fourth-order valence-corrected chi connectivity index (χ4v) is 3.19. The molecule has 1 aromatic rings. The number of benzene rings is 1. The molecule has 25 heavy (non-hydrogen) atoms. The molecule has 2 atom stereocenters. The van der Waals surface area contributed by atoms with Gasteiger partial charge in [-0.1, -0.05) is 38.3 Å². The second kappa shape index (κ2) is 10.00. The molecule has 7 heteroatoms. The van der Waals surface area contributed by atoms with Crippen LogP contribution in [0.3, 0.4) is 0 Å². The van der Waals surface area contributed by atoms with Gasteiger partial charge >= 0.3 is 0 Å². The van der Waals surface area contributed by atoms with Crippen molar-refractivity contribution in [2.75, 3.05) is 11.9 Å². The van der Waals surface area contributed by atoms with Crippen LogP contribution in [0, 0.1) is 11.8 Å². The molecule has 0 radical (unpaired) electrons. The lowest BCUT2D eigenvalue weighted by atomic mass is 9.84. The van der Waals surface area contributed by atoms with Crippen LogP contribution in [0.15, 0.2) is 18.2 Å². The summed E-state index contributed by atoms with van der Waals surface area (Å²) >= 11 is 6.18. The Morgan fingerprint density at radius 3 is 2.60 bits per heavy atom. The predicted octanol–water partition coefficient (Wildman–Crippen LogP) is 3.60. The van der Waals surface area contributed by atoms with Gasteiger partial charge in [-0.25, -0.2) is 0 Å². The SMILES string of the molecule is CC(C)C(=O)Nc1ccc(Cl)c(C(=O)NC2CCCCC2CN)c1.Cl. The van der Waals surface area contributed by atoms with Crippen LogP contribution in [-0.2, 0) is 4.79 Å². The summed E-state index contributed by atoms with van der Waals surface area (Å²) in [6.07, 6.45) is 4.24. The van der Waals surface area contributed by atoms with Crippen molar-refractivity contribution < 1.29 is 9.59 Å². The summed E-state index contributed by atoms with van der Waals surface area (Å²) in [5.74, 6) is -0.138. The van der Waals surface area contributed by atoms with E-state index in [1.807, 2.05) is 13.8 Å². The first-order valence-corrected chi connectivity index (χ1v) is 8.91. The van der Waals surface area contributed by atoms with E-state index in [-0.39, 0.29) is 36.2 Å². The Bertz CT molecular complexity index is 608. The van der Waals surface area contributed by atoms with E-state index in [0.717, 1.165) is 25.7 Å². The molecule has 1 aliphatic rings. The molecule has 2 amide bonds. The van der Waals surface area contributed by atoms with E-state index in [2.05, 4.69) is 10.6 Å². The topological polar surface area (TPSA) is 84.2 Å². The normalized spacial score (nSPS) is 19.9. The van der Waals surface area contributed by atoms with Crippen molar-refractivity contribution in [2.45, 2.75) is 45.6 Å². The lowest BCUT2D eigenvalue weighted by Crippen LogP contribution is -2.44. The number of nitrogens with two attached hydrogens (primary N) is 1. The minimum atomic E-state index is -0.217. The maximum atomic E-state index is 12.6. The first kappa shape index (κ1) is 21.7. The van der Waals surface area contributed by atoms with Crippen LogP contribution < -0.4 is 16.4 Å². The van der Waals surface area contributed by atoms with Crippen molar-refractivity contribution in [1.82, 2.24) is 5.32 Å². The van der Waals surface area contributed by atoms with Crippen LogP contribution in [0.4, 0.5) is 5.69 Å². The minimum Gasteiger partial charge on any atom is -0.349 e. The van der Waals surface area contributed by atoms with Crippen LogP contribution in [-0.4, -0.2) is 24.4 Å². The molecule has 1 aromatic carbocycles. The summed E-state index contributed by atoms with van der Waals surface area (Å²) < 4.78 is 0. The molecule has 1 saturated carbocycles. The minimum absolute atomic E-state index is 0. The highest BCUT2D eigenvalue weighted by Crippen LogP contribution is 2.25. The van der Waals surface area contributed by atoms with Gasteiger partial charge in [-0.05, 0) is 43.5 Å². The van der Waals surface area contributed by atoms with E-state index in [4.69, 9.17) is 17.3 Å². The van der Waals surface area contributed by atoms with Crippen LogP contribution >= 0.6 is 24.0 Å². The van der Waals surface area contributed by atoms with Gasteiger partial charge in [0, 0.05) is 17.6 Å². The molecule has 1 fully saturated rings. The highest BCUT2D eigenvalue weighted by molar-refractivity contribution is 6.34. The van der Waals surface area contributed by atoms with Crippen LogP contribution in [0.1, 0.15) is 49.9 Å². The zero-order valence-corrected chi connectivity index (χ0v) is 16.3. The second-order valence-electron chi connectivity index (χ2n) is 6.70. The van der Waals surface area contributed by atoms with Gasteiger partial charge in [0.1, 0.15) is 0 Å². The number of hydrogen-bond acceptors (Lipinski definition) is 3. The summed E-state index contributed by atoms with van der Waals surface area (Å²) in [5, 5.41) is 6.22. The fourth-order valence-electron chi connectivity index (χ4n) is 2.99. The van der Waals surface area contributed by atoms with Crippen LogP contribution in [0.2, 0.25) is 5.02 Å². The van der Waals surface area contributed by atoms with E-state index in [0.29, 0.717) is 28.7 Å². The van der Waals surface area contributed by atoms with E-state index in [9.17, 15) is 9.59 Å². The van der Waals surface area contributed by atoms with E-state index in [1.54, 1.807) is 18.2 Å². The van der Waals surface area contributed by atoms with Gasteiger partial charge in [-0.3, -0.25) is 9.59 Å². The van der Waals surface area contributed by atoms with Crippen molar-refractivity contribution >= 4 is 41.5 Å². The predicted molar refractivity (Wildman–Crippen MR) is 104 cm³/mol.